The SMILES string of the molecule is CCCC(CCC)C(N)CCCC(C)C. The number of rotatable bonds is 9. The largest absolute Gasteiger partial charge is 0.327 e. The average molecular weight is 213 g/mol. The van der Waals surface area contributed by atoms with E-state index in [1.165, 1.54) is 44.9 Å². The molecular weight excluding hydrogens is 182 g/mol. The van der Waals surface area contributed by atoms with Crippen molar-refractivity contribution in [2.75, 3.05) is 0 Å². The molecule has 0 bridgehead atoms. The molecule has 0 heterocycles. The summed E-state index contributed by atoms with van der Waals surface area (Å²) >= 11 is 0. The zero-order valence-corrected chi connectivity index (χ0v) is 11.3. The van der Waals surface area contributed by atoms with Crippen molar-refractivity contribution in [3.05, 3.63) is 0 Å². The van der Waals surface area contributed by atoms with Gasteiger partial charge in [0.1, 0.15) is 0 Å². The Hall–Kier alpha value is -0.0400. The van der Waals surface area contributed by atoms with Gasteiger partial charge in [0, 0.05) is 6.04 Å². The highest BCUT2D eigenvalue weighted by Crippen LogP contribution is 2.20. The Morgan fingerprint density at radius 3 is 1.80 bits per heavy atom. The van der Waals surface area contributed by atoms with E-state index in [9.17, 15) is 0 Å². The molecule has 0 radical (unpaired) electrons. The molecule has 0 aliphatic rings. The van der Waals surface area contributed by atoms with Gasteiger partial charge in [0.05, 0.1) is 0 Å². The predicted octanol–water partition coefficient (Wildman–Crippen LogP) is 4.36. The van der Waals surface area contributed by atoms with Crippen LogP contribution >= 0.6 is 0 Å². The summed E-state index contributed by atoms with van der Waals surface area (Å²) in [7, 11) is 0. The third-order valence-electron chi connectivity index (χ3n) is 3.24. The van der Waals surface area contributed by atoms with Crippen LogP contribution in [0.1, 0.15) is 72.6 Å². The van der Waals surface area contributed by atoms with Gasteiger partial charge in [-0.25, -0.2) is 0 Å². The average Bonchev–Trinajstić information content (AvgIpc) is 2.16. The lowest BCUT2D eigenvalue weighted by Gasteiger charge is -2.23. The summed E-state index contributed by atoms with van der Waals surface area (Å²) in [4.78, 5) is 0. The van der Waals surface area contributed by atoms with Gasteiger partial charge in [-0.1, -0.05) is 53.4 Å². The van der Waals surface area contributed by atoms with Gasteiger partial charge in [-0.3, -0.25) is 0 Å². The van der Waals surface area contributed by atoms with Crippen molar-refractivity contribution in [2.24, 2.45) is 17.6 Å². The van der Waals surface area contributed by atoms with Crippen molar-refractivity contribution >= 4 is 0 Å². The molecule has 1 unspecified atom stereocenters. The van der Waals surface area contributed by atoms with Crippen LogP contribution in [0.25, 0.3) is 0 Å². The van der Waals surface area contributed by atoms with Gasteiger partial charge in [-0.15, -0.1) is 0 Å². The second-order valence-corrected chi connectivity index (χ2v) is 5.33. The second-order valence-electron chi connectivity index (χ2n) is 5.33. The third kappa shape index (κ3) is 7.84. The Balaban J connectivity index is 3.74. The summed E-state index contributed by atoms with van der Waals surface area (Å²) in [6, 6.07) is 0.448. The minimum absolute atomic E-state index is 0.448. The van der Waals surface area contributed by atoms with Crippen LogP contribution in [0.15, 0.2) is 0 Å². The Morgan fingerprint density at radius 1 is 0.867 bits per heavy atom. The van der Waals surface area contributed by atoms with E-state index >= 15 is 0 Å². The smallest absolute Gasteiger partial charge is 0.00671 e. The quantitative estimate of drug-likeness (QED) is 0.605. The van der Waals surface area contributed by atoms with Gasteiger partial charge in [0.2, 0.25) is 0 Å². The van der Waals surface area contributed by atoms with Crippen molar-refractivity contribution in [2.45, 2.75) is 78.7 Å². The van der Waals surface area contributed by atoms with E-state index in [1.54, 1.807) is 0 Å². The van der Waals surface area contributed by atoms with Gasteiger partial charge in [0.15, 0.2) is 0 Å². The number of nitrogens with two attached hydrogens (primary N) is 1. The maximum absolute atomic E-state index is 6.28. The predicted molar refractivity (Wildman–Crippen MR) is 70.0 cm³/mol. The summed E-state index contributed by atoms with van der Waals surface area (Å²) in [5.41, 5.74) is 6.28. The van der Waals surface area contributed by atoms with Crippen molar-refractivity contribution in [3.8, 4) is 0 Å². The first-order chi connectivity index (χ1) is 7.11. The number of hydrogen-bond donors (Lipinski definition) is 1. The fraction of sp³-hybridized carbons (Fsp3) is 1.00. The molecule has 0 aliphatic carbocycles. The van der Waals surface area contributed by atoms with Crippen LogP contribution in [0.2, 0.25) is 0 Å². The molecule has 0 saturated carbocycles. The van der Waals surface area contributed by atoms with Crippen LogP contribution in [0.5, 0.6) is 0 Å². The van der Waals surface area contributed by atoms with Gasteiger partial charge >= 0.3 is 0 Å². The highest BCUT2D eigenvalue weighted by Gasteiger charge is 2.15. The van der Waals surface area contributed by atoms with E-state index in [0.717, 1.165) is 11.8 Å². The van der Waals surface area contributed by atoms with Crippen molar-refractivity contribution in [1.29, 1.82) is 0 Å². The molecule has 1 atom stereocenters. The second kappa shape index (κ2) is 9.21. The topological polar surface area (TPSA) is 26.0 Å². The van der Waals surface area contributed by atoms with Crippen LogP contribution in [0.3, 0.4) is 0 Å². The van der Waals surface area contributed by atoms with E-state index in [1.807, 2.05) is 0 Å². The molecule has 1 nitrogen and oxygen atoms in total. The Bertz CT molecular complexity index is 125. The minimum atomic E-state index is 0.448. The molecule has 92 valence electrons. The van der Waals surface area contributed by atoms with Crippen LogP contribution < -0.4 is 5.73 Å². The Kier molecular flexibility index (Phi) is 9.18. The summed E-state index contributed by atoms with van der Waals surface area (Å²) in [5, 5.41) is 0. The molecule has 1 heteroatoms. The summed E-state index contributed by atoms with van der Waals surface area (Å²) in [6.07, 6.45) is 9.06. The molecule has 0 amide bonds. The van der Waals surface area contributed by atoms with E-state index in [4.69, 9.17) is 5.73 Å². The van der Waals surface area contributed by atoms with Crippen LogP contribution in [0.4, 0.5) is 0 Å². The van der Waals surface area contributed by atoms with Gasteiger partial charge in [0.25, 0.3) is 0 Å². The first kappa shape index (κ1) is 15.0. The molecule has 0 aliphatic heterocycles. The van der Waals surface area contributed by atoms with E-state index in [-0.39, 0.29) is 0 Å². The lowest BCUT2D eigenvalue weighted by Crippen LogP contribution is -2.30. The molecule has 0 rings (SSSR count). The van der Waals surface area contributed by atoms with Crippen LogP contribution in [-0.2, 0) is 0 Å². The molecule has 0 aromatic carbocycles. The third-order valence-corrected chi connectivity index (χ3v) is 3.24. The van der Waals surface area contributed by atoms with Crippen molar-refractivity contribution in [1.82, 2.24) is 0 Å². The highest BCUT2D eigenvalue weighted by atomic mass is 14.6. The molecule has 0 spiro atoms. The normalized spacial score (nSPS) is 13.8. The summed E-state index contributed by atoms with van der Waals surface area (Å²) in [6.45, 7) is 9.12. The van der Waals surface area contributed by atoms with Gasteiger partial charge < -0.3 is 5.73 Å². The molecular formula is C14H31N. The molecule has 0 aromatic heterocycles. The lowest BCUT2D eigenvalue weighted by molar-refractivity contribution is 0.335. The Labute approximate surface area is 96.8 Å². The van der Waals surface area contributed by atoms with Gasteiger partial charge in [-0.05, 0) is 31.1 Å². The van der Waals surface area contributed by atoms with E-state index in [0.29, 0.717) is 6.04 Å². The summed E-state index contributed by atoms with van der Waals surface area (Å²) in [5.74, 6) is 1.60. The summed E-state index contributed by atoms with van der Waals surface area (Å²) < 4.78 is 0. The highest BCUT2D eigenvalue weighted by molar-refractivity contribution is 4.72. The fourth-order valence-corrected chi connectivity index (χ4v) is 2.31. The maximum atomic E-state index is 6.28. The van der Waals surface area contributed by atoms with Crippen molar-refractivity contribution < 1.29 is 0 Å². The van der Waals surface area contributed by atoms with E-state index < -0.39 is 0 Å². The number of hydrogen-bond acceptors (Lipinski definition) is 1. The van der Waals surface area contributed by atoms with Crippen molar-refractivity contribution in [3.63, 3.8) is 0 Å². The lowest BCUT2D eigenvalue weighted by atomic mass is 9.87. The Morgan fingerprint density at radius 2 is 1.40 bits per heavy atom. The molecule has 0 aromatic rings. The molecule has 2 N–H and O–H groups in total. The molecule has 0 saturated heterocycles. The molecule has 0 fully saturated rings. The van der Waals surface area contributed by atoms with Crippen LogP contribution in [0, 0.1) is 11.8 Å². The first-order valence-corrected chi connectivity index (χ1v) is 6.87. The fourth-order valence-electron chi connectivity index (χ4n) is 2.31. The monoisotopic (exact) mass is 213 g/mol. The van der Waals surface area contributed by atoms with E-state index in [2.05, 4.69) is 27.7 Å². The molecule has 15 heavy (non-hydrogen) atoms. The minimum Gasteiger partial charge on any atom is -0.327 e. The zero-order chi connectivity index (χ0) is 11.7. The first-order valence-electron chi connectivity index (χ1n) is 6.87. The van der Waals surface area contributed by atoms with Gasteiger partial charge in [-0.2, -0.15) is 0 Å². The standard InChI is InChI=1S/C14H31N/c1-5-8-13(9-6-2)14(15)11-7-10-12(3)4/h12-14H,5-11,15H2,1-4H3. The zero-order valence-electron chi connectivity index (χ0n) is 11.3. The van der Waals surface area contributed by atoms with Crippen LogP contribution in [-0.4, -0.2) is 6.04 Å². The maximum Gasteiger partial charge on any atom is 0.00671 e.